The number of imidazole rings is 1. The van der Waals surface area contributed by atoms with Crippen LogP contribution >= 0.6 is 23.4 Å². The fourth-order valence-electron chi connectivity index (χ4n) is 3.27. The molecule has 0 bridgehead atoms. The fourth-order valence-corrected chi connectivity index (χ4v) is 4.29. The molecule has 0 spiro atoms. The van der Waals surface area contributed by atoms with Crippen LogP contribution in [-0.2, 0) is 9.59 Å². The van der Waals surface area contributed by atoms with Crippen LogP contribution in [0.15, 0.2) is 35.7 Å². The van der Waals surface area contributed by atoms with Gasteiger partial charge in [-0.15, -0.1) is 0 Å². The van der Waals surface area contributed by atoms with Crippen LogP contribution < -0.4 is 0 Å². The number of rotatable bonds is 5. The summed E-state index contributed by atoms with van der Waals surface area (Å²) in [6, 6.07) is 5.38. The second-order valence-corrected chi connectivity index (χ2v) is 7.66. The number of likely N-dealkylation sites (tertiary alicyclic amines) is 1. The highest BCUT2D eigenvalue weighted by atomic mass is 35.5. The summed E-state index contributed by atoms with van der Waals surface area (Å²) in [4.78, 5) is 29.8. The monoisotopic (exact) mass is 393 g/mol. The predicted molar refractivity (Wildman–Crippen MR) is 101 cm³/mol. The number of carbonyl (C=O) groups excluding carboxylic acids is 1. The van der Waals surface area contributed by atoms with Crippen molar-refractivity contribution >= 4 is 35.2 Å². The lowest BCUT2D eigenvalue weighted by Crippen LogP contribution is -2.38. The fraction of sp³-hybridized carbons (Fsp3) is 0.389. The molecule has 2 heterocycles. The largest absolute Gasteiger partial charge is 0.481 e. The molecule has 0 saturated carbocycles. The van der Waals surface area contributed by atoms with E-state index in [-0.39, 0.29) is 17.7 Å². The molecule has 0 radical (unpaired) electrons. The molecule has 138 valence electrons. The van der Waals surface area contributed by atoms with Gasteiger partial charge < -0.3 is 10.0 Å². The second kappa shape index (κ2) is 7.72. The molecule has 3 rings (SSSR count). The van der Waals surface area contributed by atoms with E-state index in [0.717, 1.165) is 11.3 Å². The zero-order valence-corrected chi connectivity index (χ0v) is 16.1. The number of amides is 1. The van der Waals surface area contributed by atoms with Crippen LogP contribution in [0.1, 0.15) is 18.9 Å². The highest BCUT2D eigenvalue weighted by Gasteiger charge is 2.37. The minimum absolute atomic E-state index is 0.0661. The van der Waals surface area contributed by atoms with Gasteiger partial charge in [-0.3, -0.25) is 14.2 Å². The zero-order valence-electron chi connectivity index (χ0n) is 14.6. The van der Waals surface area contributed by atoms with Gasteiger partial charge in [-0.05, 0) is 38.0 Å². The normalized spacial score (nSPS) is 19.7. The summed E-state index contributed by atoms with van der Waals surface area (Å²) in [5.41, 5.74) is 1.86. The van der Waals surface area contributed by atoms with Gasteiger partial charge in [-0.1, -0.05) is 29.4 Å². The molecule has 1 aliphatic rings. The number of thioether (sulfide) groups is 1. The quantitative estimate of drug-likeness (QED) is 0.789. The van der Waals surface area contributed by atoms with E-state index in [2.05, 4.69) is 4.98 Å². The number of aromatic nitrogens is 2. The first-order valence-electron chi connectivity index (χ1n) is 8.34. The zero-order chi connectivity index (χ0) is 18.8. The van der Waals surface area contributed by atoms with Crippen LogP contribution in [0.4, 0.5) is 0 Å². The maximum Gasteiger partial charge on any atom is 0.308 e. The Kier molecular flexibility index (Phi) is 5.58. The molecule has 2 atom stereocenters. The van der Waals surface area contributed by atoms with Gasteiger partial charge in [-0.2, -0.15) is 0 Å². The minimum Gasteiger partial charge on any atom is -0.481 e. The van der Waals surface area contributed by atoms with E-state index in [1.165, 1.54) is 11.8 Å². The number of carbonyl (C=O) groups is 2. The van der Waals surface area contributed by atoms with Crippen molar-refractivity contribution in [2.45, 2.75) is 31.5 Å². The standard InChI is InChI=1S/C18H20ClN3O3S/c1-11-14(19)4-3-5-15(11)22-9-7-20-18(22)26-10-16(23)21-8-6-13(12(21)2)17(24)25/h3-5,7,9,12-13H,6,8,10H2,1-2H3,(H,24,25). The van der Waals surface area contributed by atoms with Crippen LogP contribution in [0.3, 0.4) is 0 Å². The van der Waals surface area contributed by atoms with Crippen LogP contribution in [0.2, 0.25) is 5.02 Å². The predicted octanol–water partition coefficient (Wildman–Crippen LogP) is 3.25. The van der Waals surface area contributed by atoms with Gasteiger partial charge in [0.25, 0.3) is 0 Å². The lowest BCUT2D eigenvalue weighted by Gasteiger charge is -2.23. The number of halogens is 1. The van der Waals surface area contributed by atoms with Crippen molar-refractivity contribution in [1.82, 2.24) is 14.5 Å². The van der Waals surface area contributed by atoms with Crippen LogP contribution in [-0.4, -0.2) is 49.8 Å². The van der Waals surface area contributed by atoms with E-state index in [9.17, 15) is 14.7 Å². The molecule has 1 aromatic heterocycles. The molecular weight excluding hydrogens is 374 g/mol. The summed E-state index contributed by atoms with van der Waals surface area (Å²) in [6.45, 7) is 4.22. The number of hydrogen-bond acceptors (Lipinski definition) is 4. The SMILES string of the molecule is Cc1c(Cl)cccc1-n1ccnc1SCC(=O)N1CCC(C(=O)O)C1C. The Morgan fingerprint density at radius 2 is 2.19 bits per heavy atom. The van der Waals surface area contributed by atoms with Gasteiger partial charge in [0.05, 0.1) is 17.4 Å². The van der Waals surface area contributed by atoms with E-state index < -0.39 is 11.9 Å². The average molecular weight is 394 g/mol. The first-order valence-corrected chi connectivity index (χ1v) is 9.70. The molecule has 1 amide bonds. The van der Waals surface area contributed by atoms with E-state index in [1.807, 2.05) is 35.9 Å². The van der Waals surface area contributed by atoms with E-state index in [4.69, 9.17) is 11.6 Å². The third-order valence-electron chi connectivity index (χ3n) is 4.82. The Labute approximate surface area is 161 Å². The number of aliphatic carboxylic acids is 1. The summed E-state index contributed by atoms with van der Waals surface area (Å²) in [5.74, 6) is -1.18. The molecule has 1 saturated heterocycles. The molecular formula is C18H20ClN3O3S. The van der Waals surface area contributed by atoms with Gasteiger partial charge in [0.2, 0.25) is 5.91 Å². The van der Waals surface area contributed by atoms with Crippen molar-refractivity contribution in [3.8, 4) is 5.69 Å². The molecule has 8 heteroatoms. The van der Waals surface area contributed by atoms with Gasteiger partial charge in [0.15, 0.2) is 5.16 Å². The maximum atomic E-state index is 12.5. The number of nitrogens with zero attached hydrogens (tertiary/aromatic N) is 3. The summed E-state index contributed by atoms with van der Waals surface area (Å²) in [6.07, 6.45) is 4.03. The van der Waals surface area contributed by atoms with Crippen molar-refractivity contribution in [2.75, 3.05) is 12.3 Å². The molecule has 1 fully saturated rings. The molecule has 1 N–H and O–H groups in total. The molecule has 6 nitrogen and oxygen atoms in total. The summed E-state index contributed by atoms with van der Waals surface area (Å²) >= 11 is 7.54. The third kappa shape index (κ3) is 3.59. The van der Waals surface area contributed by atoms with Crippen molar-refractivity contribution < 1.29 is 14.7 Å². The number of hydrogen-bond donors (Lipinski definition) is 1. The van der Waals surface area contributed by atoms with E-state index in [0.29, 0.717) is 23.1 Å². The molecule has 1 aromatic carbocycles. The van der Waals surface area contributed by atoms with Crippen molar-refractivity contribution in [3.05, 3.63) is 41.2 Å². The van der Waals surface area contributed by atoms with Gasteiger partial charge >= 0.3 is 5.97 Å². The van der Waals surface area contributed by atoms with Gasteiger partial charge in [0, 0.05) is 30.0 Å². The molecule has 26 heavy (non-hydrogen) atoms. The van der Waals surface area contributed by atoms with Crippen molar-refractivity contribution in [3.63, 3.8) is 0 Å². The van der Waals surface area contributed by atoms with Crippen LogP contribution in [0.25, 0.3) is 5.69 Å². The first-order chi connectivity index (χ1) is 12.4. The summed E-state index contributed by atoms with van der Waals surface area (Å²) in [7, 11) is 0. The molecule has 2 aromatic rings. The van der Waals surface area contributed by atoms with Gasteiger partial charge in [-0.25, -0.2) is 4.98 Å². The lowest BCUT2D eigenvalue weighted by atomic mass is 10.0. The lowest BCUT2D eigenvalue weighted by molar-refractivity contribution is -0.142. The maximum absolute atomic E-state index is 12.5. The molecule has 1 aliphatic heterocycles. The topological polar surface area (TPSA) is 75.4 Å². The summed E-state index contributed by atoms with van der Waals surface area (Å²) < 4.78 is 1.91. The Bertz CT molecular complexity index is 839. The number of carboxylic acids is 1. The molecule has 2 unspecified atom stereocenters. The number of carboxylic acid groups (broad SMARTS) is 1. The van der Waals surface area contributed by atoms with Crippen molar-refractivity contribution in [2.24, 2.45) is 5.92 Å². The average Bonchev–Trinajstić information content (AvgIpc) is 3.21. The Morgan fingerprint density at radius 3 is 2.88 bits per heavy atom. The van der Waals surface area contributed by atoms with Crippen molar-refractivity contribution in [1.29, 1.82) is 0 Å². The highest BCUT2D eigenvalue weighted by molar-refractivity contribution is 7.99. The van der Waals surface area contributed by atoms with Crippen LogP contribution in [0.5, 0.6) is 0 Å². The minimum atomic E-state index is -0.840. The Balaban J connectivity index is 1.70. The summed E-state index contributed by atoms with van der Waals surface area (Å²) in [5, 5.41) is 10.6. The Hall–Kier alpha value is -1.99. The second-order valence-electron chi connectivity index (χ2n) is 6.31. The van der Waals surface area contributed by atoms with E-state index in [1.54, 1.807) is 18.0 Å². The third-order valence-corrected chi connectivity index (χ3v) is 6.18. The first kappa shape index (κ1) is 18.8. The van der Waals surface area contributed by atoms with Gasteiger partial charge in [0.1, 0.15) is 0 Å². The van der Waals surface area contributed by atoms with Crippen LogP contribution in [0, 0.1) is 12.8 Å². The Morgan fingerprint density at radius 1 is 1.42 bits per heavy atom. The molecule has 0 aliphatic carbocycles. The smallest absolute Gasteiger partial charge is 0.308 e. The number of benzene rings is 1. The van der Waals surface area contributed by atoms with E-state index >= 15 is 0 Å². The highest BCUT2D eigenvalue weighted by Crippen LogP contribution is 2.28.